The average Bonchev–Trinajstić information content (AvgIpc) is 3.22. The number of ether oxygens (including phenoxy) is 2. The van der Waals surface area contributed by atoms with Crippen molar-refractivity contribution in [3.63, 3.8) is 0 Å². The van der Waals surface area contributed by atoms with Gasteiger partial charge in [-0.3, -0.25) is 9.59 Å². The lowest BCUT2D eigenvalue weighted by molar-refractivity contribution is 0.0725. The molecule has 2 heterocycles. The van der Waals surface area contributed by atoms with Crippen LogP contribution < -0.4 is 14.8 Å². The standard InChI is InChI=1S/C21H26N2O4S/c1-4-14-8-11-28-19(14)20(24)22-16-13-18(27-3)17(26-2)12-15(16)21(25)23-9-6-5-7-10-23/h8,11-13H,4-7,9-10H2,1-3H3,(H,22,24). The van der Waals surface area contributed by atoms with Gasteiger partial charge in [0, 0.05) is 19.2 Å². The van der Waals surface area contributed by atoms with Crippen LogP contribution in [0.4, 0.5) is 5.69 Å². The van der Waals surface area contributed by atoms with Gasteiger partial charge in [-0.15, -0.1) is 11.3 Å². The van der Waals surface area contributed by atoms with Crippen molar-refractivity contribution in [2.24, 2.45) is 0 Å². The van der Waals surface area contributed by atoms with Gasteiger partial charge in [0.1, 0.15) is 0 Å². The van der Waals surface area contributed by atoms with Gasteiger partial charge < -0.3 is 19.7 Å². The molecule has 7 heteroatoms. The lowest BCUT2D eigenvalue weighted by atomic mass is 10.1. The molecule has 0 bridgehead atoms. The summed E-state index contributed by atoms with van der Waals surface area (Å²) in [5, 5.41) is 4.83. The van der Waals surface area contributed by atoms with Gasteiger partial charge in [0.05, 0.1) is 30.3 Å². The molecule has 1 aliphatic rings. The molecule has 0 aliphatic carbocycles. The number of methoxy groups -OCH3 is 2. The molecule has 150 valence electrons. The third-order valence-corrected chi connectivity index (χ3v) is 5.93. The lowest BCUT2D eigenvalue weighted by Crippen LogP contribution is -2.36. The zero-order valence-corrected chi connectivity index (χ0v) is 17.4. The summed E-state index contributed by atoms with van der Waals surface area (Å²) in [5.41, 5.74) is 1.85. The number of likely N-dealkylation sites (tertiary alicyclic amines) is 1. The number of rotatable bonds is 6. The summed E-state index contributed by atoms with van der Waals surface area (Å²) in [7, 11) is 3.06. The largest absolute Gasteiger partial charge is 0.493 e. The van der Waals surface area contributed by atoms with E-state index in [1.165, 1.54) is 25.6 Å². The number of nitrogens with one attached hydrogen (secondary N) is 1. The molecule has 0 saturated carbocycles. The highest BCUT2D eigenvalue weighted by Crippen LogP contribution is 2.35. The number of piperidine rings is 1. The normalized spacial score (nSPS) is 13.9. The predicted octanol–water partition coefficient (Wildman–Crippen LogP) is 4.21. The predicted molar refractivity (Wildman–Crippen MR) is 111 cm³/mol. The first-order valence-corrected chi connectivity index (χ1v) is 10.4. The van der Waals surface area contributed by atoms with Crippen LogP contribution in [-0.4, -0.2) is 44.0 Å². The van der Waals surface area contributed by atoms with E-state index < -0.39 is 0 Å². The second kappa shape index (κ2) is 9.10. The number of anilines is 1. The number of hydrogen-bond donors (Lipinski definition) is 1. The minimum atomic E-state index is -0.216. The molecule has 0 radical (unpaired) electrons. The molecule has 1 aromatic heterocycles. The number of carbonyl (C=O) groups excluding carboxylic acids is 2. The quantitative estimate of drug-likeness (QED) is 0.786. The van der Waals surface area contributed by atoms with Crippen LogP contribution in [0.5, 0.6) is 11.5 Å². The molecule has 1 fully saturated rings. The molecule has 2 aromatic rings. The van der Waals surface area contributed by atoms with Crippen LogP contribution >= 0.6 is 11.3 Å². The summed E-state index contributed by atoms with van der Waals surface area (Å²) >= 11 is 1.40. The molecule has 0 spiro atoms. The number of nitrogens with zero attached hydrogens (tertiary/aromatic N) is 1. The van der Waals surface area contributed by atoms with Crippen LogP contribution in [0, 0.1) is 0 Å². The van der Waals surface area contributed by atoms with Gasteiger partial charge in [-0.2, -0.15) is 0 Å². The first kappa shape index (κ1) is 20.2. The summed E-state index contributed by atoms with van der Waals surface area (Å²) in [6.07, 6.45) is 3.90. The Labute approximate surface area is 169 Å². The summed E-state index contributed by atoms with van der Waals surface area (Å²) in [6.45, 7) is 3.47. The fourth-order valence-electron chi connectivity index (χ4n) is 3.42. The van der Waals surface area contributed by atoms with Crippen molar-refractivity contribution in [2.45, 2.75) is 32.6 Å². The van der Waals surface area contributed by atoms with Crippen molar-refractivity contribution in [3.05, 3.63) is 39.6 Å². The van der Waals surface area contributed by atoms with E-state index in [1.807, 2.05) is 23.3 Å². The Kier molecular flexibility index (Phi) is 6.57. The summed E-state index contributed by atoms with van der Waals surface area (Å²) in [4.78, 5) is 28.5. The smallest absolute Gasteiger partial charge is 0.266 e. The third-order valence-electron chi connectivity index (χ3n) is 4.98. The number of benzene rings is 1. The van der Waals surface area contributed by atoms with E-state index >= 15 is 0 Å². The van der Waals surface area contributed by atoms with Gasteiger partial charge in [-0.25, -0.2) is 0 Å². The van der Waals surface area contributed by atoms with E-state index in [9.17, 15) is 9.59 Å². The van der Waals surface area contributed by atoms with Crippen LogP contribution in [0.3, 0.4) is 0 Å². The lowest BCUT2D eigenvalue weighted by Gasteiger charge is -2.28. The summed E-state index contributed by atoms with van der Waals surface area (Å²) < 4.78 is 10.8. The minimum absolute atomic E-state index is 0.0992. The highest BCUT2D eigenvalue weighted by molar-refractivity contribution is 7.12. The van der Waals surface area contributed by atoms with Crippen molar-refractivity contribution in [1.82, 2.24) is 4.90 Å². The molecule has 3 rings (SSSR count). The molecule has 2 amide bonds. The maximum atomic E-state index is 13.2. The minimum Gasteiger partial charge on any atom is -0.493 e. The number of aryl methyl sites for hydroxylation is 1. The van der Waals surface area contributed by atoms with E-state index in [-0.39, 0.29) is 11.8 Å². The van der Waals surface area contributed by atoms with Gasteiger partial charge in [0.15, 0.2) is 11.5 Å². The van der Waals surface area contributed by atoms with Gasteiger partial charge in [-0.1, -0.05) is 6.92 Å². The molecule has 0 unspecified atom stereocenters. The van der Waals surface area contributed by atoms with Gasteiger partial charge in [0.25, 0.3) is 11.8 Å². The van der Waals surface area contributed by atoms with Crippen molar-refractivity contribution >= 4 is 28.8 Å². The van der Waals surface area contributed by atoms with Crippen LogP contribution in [0.1, 0.15) is 51.8 Å². The Hall–Kier alpha value is -2.54. The number of amides is 2. The highest BCUT2D eigenvalue weighted by Gasteiger charge is 2.25. The Morgan fingerprint density at radius 2 is 1.79 bits per heavy atom. The monoisotopic (exact) mass is 402 g/mol. The SMILES string of the molecule is CCc1ccsc1C(=O)Nc1cc(OC)c(OC)cc1C(=O)N1CCCCC1. The van der Waals surface area contributed by atoms with Crippen LogP contribution in [0.25, 0.3) is 0 Å². The molecule has 28 heavy (non-hydrogen) atoms. The van der Waals surface area contributed by atoms with E-state index in [2.05, 4.69) is 5.32 Å². The maximum Gasteiger partial charge on any atom is 0.266 e. The van der Waals surface area contributed by atoms with E-state index in [1.54, 1.807) is 12.1 Å². The Balaban J connectivity index is 1.97. The zero-order valence-electron chi connectivity index (χ0n) is 16.5. The molecule has 1 saturated heterocycles. The summed E-state index contributed by atoms with van der Waals surface area (Å²) in [5.74, 6) is 0.616. The molecule has 0 atom stereocenters. The van der Waals surface area contributed by atoms with Crippen molar-refractivity contribution in [2.75, 3.05) is 32.6 Å². The Morgan fingerprint density at radius 3 is 2.43 bits per heavy atom. The maximum absolute atomic E-state index is 13.2. The fourth-order valence-corrected chi connectivity index (χ4v) is 4.31. The van der Waals surface area contributed by atoms with Crippen LogP contribution in [0.15, 0.2) is 23.6 Å². The molecule has 1 aliphatic heterocycles. The van der Waals surface area contributed by atoms with Crippen molar-refractivity contribution < 1.29 is 19.1 Å². The molecular formula is C21H26N2O4S. The van der Waals surface area contributed by atoms with E-state index in [0.717, 1.165) is 44.3 Å². The second-order valence-corrected chi connectivity index (χ2v) is 7.60. The average molecular weight is 403 g/mol. The first-order chi connectivity index (χ1) is 13.6. The van der Waals surface area contributed by atoms with Crippen LogP contribution in [-0.2, 0) is 6.42 Å². The topological polar surface area (TPSA) is 67.9 Å². The van der Waals surface area contributed by atoms with Crippen molar-refractivity contribution in [1.29, 1.82) is 0 Å². The fraction of sp³-hybridized carbons (Fsp3) is 0.429. The summed E-state index contributed by atoms with van der Waals surface area (Å²) in [6, 6.07) is 5.27. The van der Waals surface area contributed by atoms with Crippen LogP contribution in [0.2, 0.25) is 0 Å². The highest BCUT2D eigenvalue weighted by atomic mass is 32.1. The molecule has 1 aromatic carbocycles. The number of thiophene rings is 1. The van der Waals surface area contributed by atoms with E-state index in [4.69, 9.17) is 9.47 Å². The Bertz CT molecular complexity index is 856. The van der Waals surface area contributed by atoms with Gasteiger partial charge >= 0.3 is 0 Å². The first-order valence-electron chi connectivity index (χ1n) is 9.52. The Morgan fingerprint density at radius 1 is 1.11 bits per heavy atom. The van der Waals surface area contributed by atoms with E-state index in [0.29, 0.717) is 27.6 Å². The molecule has 1 N–H and O–H groups in total. The number of hydrogen-bond acceptors (Lipinski definition) is 5. The van der Waals surface area contributed by atoms with Gasteiger partial charge in [-0.05, 0) is 48.8 Å². The third kappa shape index (κ3) is 4.14. The second-order valence-electron chi connectivity index (χ2n) is 6.69. The zero-order chi connectivity index (χ0) is 20.1. The molecular weight excluding hydrogens is 376 g/mol. The number of carbonyl (C=O) groups is 2. The molecule has 6 nitrogen and oxygen atoms in total. The van der Waals surface area contributed by atoms with Gasteiger partial charge in [0.2, 0.25) is 0 Å². The van der Waals surface area contributed by atoms with Crippen molar-refractivity contribution in [3.8, 4) is 11.5 Å².